The van der Waals surface area contributed by atoms with E-state index in [9.17, 15) is 14.4 Å². The third-order valence-corrected chi connectivity index (χ3v) is 6.50. The Balaban J connectivity index is 2.14. The van der Waals surface area contributed by atoms with Crippen LogP contribution >= 0.6 is 23.1 Å². The molecule has 8 nitrogen and oxygen atoms in total. The summed E-state index contributed by atoms with van der Waals surface area (Å²) in [5.74, 6) is -1.38. The summed E-state index contributed by atoms with van der Waals surface area (Å²) < 4.78 is 3.96. The third kappa shape index (κ3) is 6.17. The van der Waals surface area contributed by atoms with E-state index in [4.69, 9.17) is 23.1 Å². The van der Waals surface area contributed by atoms with Crippen molar-refractivity contribution >= 4 is 52.2 Å². The molecule has 35 heavy (non-hydrogen) atoms. The van der Waals surface area contributed by atoms with E-state index in [-0.39, 0.29) is 22.2 Å². The number of nitrogens with zero attached hydrogens (tertiary/aromatic N) is 2. The molecule has 1 atom stereocenters. The first-order chi connectivity index (χ1) is 16.6. The summed E-state index contributed by atoms with van der Waals surface area (Å²) >= 11 is 6.86. The maximum atomic E-state index is 13.9. The molecule has 1 heterocycles. The molecule has 184 valence electrons. The summed E-state index contributed by atoms with van der Waals surface area (Å²) in [7, 11) is 0. The number of carbonyl (C=O) groups excluding carboxylic acids is 3. The van der Waals surface area contributed by atoms with Crippen LogP contribution in [0.2, 0.25) is 5.02 Å². The number of nitrogens with one attached hydrogen (secondary N) is 1. The molecule has 0 spiro atoms. The molecule has 3 aromatic rings. The lowest BCUT2D eigenvalue weighted by molar-refractivity contribution is -0.122. The fourth-order valence-electron chi connectivity index (χ4n) is 3.47. The van der Waals surface area contributed by atoms with Crippen LogP contribution in [0.4, 0.5) is 11.4 Å². The average Bonchev–Trinajstić information content (AvgIpc) is 3.20. The highest BCUT2D eigenvalue weighted by atomic mass is 35.5. The number of hydrogen-bond donors (Lipinski definition) is 3. The van der Waals surface area contributed by atoms with Gasteiger partial charge >= 0.3 is 0 Å². The monoisotopic (exact) mass is 513 g/mol. The maximum Gasteiger partial charge on any atom is 0.273 e. The number of hydrogen-bond acceptors (Lipinski definition) is 6. The molecule has 0 unspecified atom stereocenters. The molecule has 5 N–H and O–H groups in total. The number of halogens is 1. The van der Waals surface area contributed by atoms with Crippen molar-refractivity contribution in [2.24, 2.45) is 11.7 Å². The molecule has 1 aromatic heterocycles. The van der Waals surface area contributed by atoms with Crippen LogP contribution in [0.5, 0.6) is 0 Å². The first-order valence-corrected chi connectivity index (χ1v) is 12.2. The molecule has 3 rings (SSSR count). The van der Waals surface area contributed by atoms with Gasteiger partial charge in [0.15, 0.2) is 5.69 Å². The van der Waals surface area contributed by atoms with Crippen LogP contribution in [0, 0.1) is 12.8 Å². The lowest BCUT2D eigenvalue weighted by Crippen LogP contribution is -2.44. The highest BCUT2D eigenvalue weighted by Crippen LogP contribution is 2.33. The molecule has 0 aliphatic heterocycles. The van der Waals surface area contributed by atoms with E-state index in [0.29, 0.717) is 28.7 Å². The largest absolute Gasteiger partial charge is 0.395 e. The number of rotatable bonds is 9. The van der Waals surface area contributed by atoms with Crippen molar-refractivity contribution in [3.8, 4) is 0 Å². The molecular formula is C25H28ClN5O3S. The number of aryl methyl sites for hydroxylation is 1. The van der Waals surface area contributed by atoms with Crippen molar-refractivity contribution in [1.82, 2.24) is 9.69 Å². The Labute approximate surface area is 213 Å². The number of benzene rings is 2. The van der Waals surface area contributed by atoms with Gasteiger partial charge in [-0.05, 0) is 60.6 Å². The minimum Gasteiger partial charge on any atom is -0.395 e. The Hall–Kier alpha value is -3.43. The van der Waals surface area contributed by atoms with Crippen molar-refractivity contribution in [3.05, 3.63) is 75.3 Å². The molecule has 0 saturated heterocycles. The van der Waals surface area contributed by atoms with Crippen molar-refractivity contribution < 1.29 is 14.4 Å². The lowest BCUT2D eigenvalue weighted by Gasteiger charge is -2.31. The van der Waals surface area contributed by atoms with E-state index >= 15 is 0 Å². The van der Waals surface area contributed by atoms with Gasteiger partial charge in [-0.15, -0.1) is 0 Å². The Morgan fingerprint density at radius 2 is 1.71 bits per heavy atom. The van der Waals surface area contributed by atoms with E-state index in [1.165, 1.54) is 4.90 Å². The quantitative estimate of drug-likeness (QED) is 0.391. The fraction of sp³-hybridized carbons (Fsp3) is 0.280. The highest BCUT2D eigenvalue weighted by molar-refractivity contribution is 7.09. The first-order valence-electron chi connectivity index (χ1n) is 11.1. The zero-order valence-corrected chi connectivity index (χ0v) is 21.3. The summed E-state index contributed by atoms with van der Waals surface area (Å²) in [6.07, 6.45) is 0.779. The Morgan fingerprint density at radius 3 is 2.26 bits per heavy atom. The van der Waals surface area contributed by atoms with Gasteiger partial charge in [0, 0.05) is 17.3 Å². The molecule has 2 aromatic carbocycles. The van der Waals surface area contributed by atoms with Gasteiger partial charge in [0.2, 0.25) is 5.91 Å². The number of primary amides is 1. The van der Waals surface area contributed by atoms with Crippen LogP contribution < -0.4 is 21.7 Å². The number of amides is 3. The van der Waals surface area contributed by atoms with Crippen LogP contribution in [0.1, 0.15) is 57.6 Å². The van der Waals surface area contributed by atoms with Crippen LogP contribution in [0.15, 0.2) is 48.5 Å². The van der Waals surface area contributed by atoms with Crippen LogP contribution in [-0.4, -0.2) is 28.6 Å². The SMILES string of the molecule is Cc1ccc(N(C(=O)c2snc(C(N)=O)c2N)[C@H](C(=O)NCCC(C)C)c2ccc(Cl)cc2)cc1. The standard InChI is InChI=1S/C25H28ClN5O3S/c1-14(2)12-13-29-24(33)21(16-6-8-17(26)9-7-16)31(18-10-4-15(3)5-11-18)25(34)22-19(27)20(23(28)32)30-35-22/h4-11,14,21H,12-13,27H2,1-3H3,(H2,28,32)(H,29,33)/t21-/m0/s1. The Bertz CT molecular complexity index is 1210. The number of carbonyl (C=O) groups is 3. The molecule has 10 heteroatoms. The predicted molar refractivity (Wildman–Crippen MR) is 140 cm³/mol. The average molecular weight is 514 g/mol. The van der Waals surface area contributed by atoms with Crippen LogP contribution in [0.3, 0.4) is 0 Å². The molecule has 0 aliphatic rings. The second-order valence-corrected chi connectivity index (χ2v) is 9.79. The zero-order chi connectivity index (χ0) is 25.7. The van der Waals surface area contributed by atoms with Gasteiger partial charge in [-0.2, -0.15) is 4.37 Å². The van der Waals surface area contributed by atoms with Crippen molar-refractivity contribution in [2.45, 2.75) is 33.2 Å². The van der Waals surface area contributed by atoms with E-state index < -0.39 is 17.9 Å². The van der Waals surface area contributed by atoms with E-state index in [1.54, 1.807) is 36.4 Å². The van der Waals surface area contributed by atoms with Gasteiger partial charge < -0.3 is 16.8 Å². The van der Waals surface area contributed by atoms with E-state index in [0.717, 1.165) is 23.5 Å². The predicted octanol–water partition coefficient (Wildman–Crippen LogP) is 4.34. The Kier molecular flexibility index (Phi) is 8.48. The number of anilines is 2. The van der Waals surface area contributed by atoms with Gasteiger partial charge in [0.1, 0.15) is 10.9 Å². The minimum atomic E-state index is -1.03. The molecule has 0 saturated carbocycles. The molecule has 0 aliphatic carbocycles. The van der Waals surface area contributed by atoms with Crippen molar-refractivity contribution in [1.29, 1.82) is 0 Å². The third-order valence-electron chi connectivity index (χ3n) is 5.40. The van der Waals surface area contributed by atoms with Gasteiger partial charge in [-0.1, -0.05) is 55.3 Å². The van der Waals surface area contributed by atoms with Gasteiger partial charge in [0.25, 0.3) is 11.8 Å². The number of nitrogen functional groups attached to an aromatic ring is 1. The second-order valence-electron chi connectivity index (χ2n) is 8.58. The van der Waals surface area contributed by atoms with Gasteiger partial charge in [-0.3, -0.25) is 19.3 Å². The fourth-order valence-corrected chi connectivity index (χ4v) is 4.34. The maximum absolute atomic E-state index is 13.9. The molecule has 0 bridgehead atoms. The summed E-state index contributed by atoms with van der Waals surface area (Å²) in [5.41, 5.74) is 13.2. The topological polar surface area (TPSA) is 131 Å². The lowest BCUT2D eigenvalue weighted by atomic mass is 10.0. The second kappa shape index (κ2) is 11.3. The van der Waals surface area contributed by atoms with Crippen LogP contribution in [-0.2, 0) is 4.79 Å². The first kappa shape index (κ1) is 26.2. The zero-order valence-electron chi connectivity index (χ0n) is 19.7. The summed E-state index contributed by atoms with van der Waals surface area (Å²) in [5, 5.41) is 3.45. The van der Waals surface area contributed by atoms with E-state index in [2.05, 4.69) is 23.5 Å². The van der Waals surface area contributed by atoms with Crippen molar-refractivity contribution in [3.63, 3.8) is 0 Å². The Morgan fingerprint density at radius 1 is 1.09 bits per heavy atom. The highest BCUT2D eigenvalue weighted by Gasteiger charge is 2.36. The molecular weight excluding hydrogens is 486 g/mol. The van der Waals surface area contributed by atoms with E-state index in [1.807, 2.05) is 19.1 Å². The van der Waals surface area contributed by atoms with Crippen molar-refractivity contribution in [2.75, 3.05) is 17.2 Å². The summed E-state index contributed by atoms with van der Waals surface area (Å²) in [6, 6.07) is 12.9. The summed E-state index contributed by atoms with van der Waals surface area (Å²) in [6.45, 7) is 6.50. The molecule has 0 radical (unpaired) electrons. The summed E-state index contributed by atoms with van der Waals surface area (Å²) in [4.78, 5) is 40.6. The van der Waals surface area contributed by atoms with Crippen LogP contribution in [0.25, 0.3) is 0 Å². The molecule has 3 amide bonds. The minimum absolute atomic E-state index is 0.0216. The normalized spacial score (nSPS) is 11.8. The smallest absolute Gasteiger partial charge is 0.273 e. The van der Waals surface area contributed by atoms with Gasteiger partial charge in [0.05, 0.1) is 5.69 Å². The number of nitrogens with two attached hydrogens (primary N) is 2. The molecule has 0 fully saturated rings. The van der Waals surface area contributed by atoms with Gasteiger partial charge in [-0.25, -0.2) is 0 Å². The number of aromatic nitrogens is 1.